The van der Waals surface area contributed by atoms with Gasteiger partial charge in [-0.1, -0.05) is 35.5 Å². The van der Waals surface area contributed by atoms with Crippen LogP contribution in [0.4, 0.5) is 11.4 Å². The van der Waals surface area contributed by atoms with Crippen LogP contribution >= 0.6 is 0 Å². The number of aromatic nitrogens is 2. The first kappa shape index (κ1) is 20.2. The number of nitrogens with zero attached hydrogens (tertiary/aromatic N) is 4. The van der Waals surface area contributed by atoms with E-state index in [0.717, 1.165) is 37.4 Å². The molecule has 0 atom stereocenters. The molecule has 2 aromatic carbocycles. The molecule has 0 saturated carbocycles. The van der Waals surface area contributed by atoms with Crippen LogP contribution in [0.2, 0.25) is 0 Å². The van der Waals surface area contributed by atoms with Crippen molar-refractivity contribution < 1.29 is 9.32 Å². The summed E-state index contributed by atoms with van der Waals surface area (Å²) in [7, 11) is 2.15. The molecule has 5 rings (SSSR count). The standard InChI is InChI=1S/C25H25N5O2/c1-17-23-21(16-22(27-25(23)32-28-17)18-6-4-3-5-7-18)24(31)26-19-8-10-20(11-9-19)30-14-12-29(2)13-15-30/h3-11,16H,12-15H2,1-2H3,(H,26,31). The van der Waals surface area contributed by atoms with E-state index in [1.165, 1.54) is 5.69 Å². The lowest BCUT2D eigenvalue weighted by Gasteiger charge is -2.34. The fraction of sp³-hybridized carbons (Fsp3) is 0.240. The van der Waals surface area contributed by atoms with E-state index < -0.39 is 0 Å². The second-order valence-corrected chi connectivity index (χ2v) is 8.16. The van der Waals surface area contributed by atoms with Gasteiger partial charge in [-0.25, -0.2) is 4.98 Å². The normalized spacial score (nSPS) is 14.6. The second kappa shape index (κ2) is 8.43. The van der Waals surface area contributed by atoms with Gasteiger partial charge in [0.05, 0.1) is 22.3 Å². The van der Waals surface area contributed by atoms with Gasteiger partial charge in [0, 0.05) is 43.1 Å². The van der Waals surface area contributed by atoms with Crippen molar-refractivity contribution >= 4 is 28.4 Å². The molecule has 32 heavy (non-hydrogen) atoms. The van der Waals surface area contributed by atoms with Gasteiger partial charge in [-0.05, 0) is 44.3 Å². The van der Waals surface area contributed by atoms with Crippen molar-refractivity contribution in [3.05, 3.63) is 71.9 Å². The monoisotopic (exact) mass is 427 g/mol. The molecule has 3 heterocycles. The summed E-state index contributed by atoms with van der Waals surface area (Å²) in [5, 5.41) is 7.68. The molecule has 0 spiro atoms. The Labute approximate surface area is 186 Å². The number of piperazine rings is 1. The van der Waals surface area contributed by atoms with Crippen molar-refractivity contribution in [2.75, 3.05) is 43.4 Å². The van der Waals surface area contributed by atoms with Crippen LogP contribution in [0.15, 0.2) is 65.2 Å². The van der Waals surface area contributed by atoms with Gasteiger partial charge < -0.3 is 19.6 Å². The first-order chi connectivity index (χ1) is 15.6. The quantitative estimate of drug-likeness (QED) is 0.526. The van der Waals surface area contributed by atoms with Gasteiger partial charge >= 0.3 is 0 Å². The van der Waals surface area contributed by atoms with Gasteiger partial charge in [0.25, 0.3) is 11.6 Å². The van der Waals surface area contributed by atoms with Gasteiger partial charge in [0.1, 0.15) is 0 Å². The van der Waals surface area contributed by atoms with Crippen LogP contribution in [0.5, 0.6) is 0 Å². The maximum atomic E-state index is 13.3. The van der Waals surface area contributed by atoms with E-state index in [2.05, 4.69) is 44.4 Å². The lowest BCUT2D eigenvalue weighted by Crippen LogP contribution is -2.44. The summed E-state index contributed by atoms with van der Waals surface area (Å²) >= 11 is 0. The van der Waals surface area contributed by atoms with Gasteiger partial charge in [-0.15, -0.1) is 0 Å². The Bertz CT molecular complexity index is 1240. The van der Waals surface area contributed by atoms with Gasteiger partial charge in [0.15, 0.2) is 0 Å². The molecule has 1 amide bonds. The number of nitrogens with one attached hydrogen (secondary N) is 1. The maximum absolute atomic E-state index is 13.3. The molecule has 2 aromatic heterocycles. The Morgan fingerprint density at radius 1 is 1.00 bits per heavy atom. The third-order valence-electron chi connectivity index (χ3n) is 5.92. The molecule has 162 valence electrons. The molecule has 1 aliphatic rings. The lowest BCUT2D eigenvalue weighted by atomic mass is 10.0. The number of hydrogen-bond donors (Lipinski definition) is 1. The number of fused-ring (bicyclic) bond motifs is 1. The minimum Gasteiger partial charge on any atom is -0.369 e. The first-order valence-electron chi connectivity index (χ1n) is 10.8. The van der Waals surface area contributed by atoms with Crippen LogP contribution in [0.25, 0.3) is 22.4 Å². The highest BCUT2D eigenvalue weighted by Gasteiger charge is 2.20. The SMILES string of the molecule is Cc1noc2nc(-c3ccccc3)cc(C(=O)Nc3ccc(N4CCN(C)CC4)cc3)c12. The lowest BCUT2D eigenvalue weighted by molar-refractivity contribution is 0.102. The van der Waals surface area contributed by atoms with E-state index >= 15 is 0 Å². The van der Waals surface area contributed by atoms with Crippen molar-refractivity contribution in [3.8, 4) is 11.3 Å². The summed E-state index contributed by atoms with van der Waals surface area (Å²) in [6.07, 6.45) is 0. The fourth-order valence-electron chi connectivity index (χ4n) is 4.05. The Morgan fingerprint density at radius 2 is 1.72 bits per heavy atom. The summed E-state index contributed by atoms with van der Waals surface area (Å²) in [6, 6.07) is 19.5. The third kappa shape index (κ3) is 3.94. The molecule has 0 bridgehead atoms. The number of rotatable bonds is 4. The number of aryl methyl sites for hydroxylation is 1. The van der Waals surface area contributed by atoms with Crippen LogP contribution in [-0.2, 0) is 0 Å². The molecule has 1 saturated heterocycles. The number of amides is 1. The first-order valence-corrected chi connectivity index (χ1v) is 10.8. The molecule has 1 aliphatic heterocycles. The van der Waals surface area contributed by atoms with Gasteiger partial charge in [-0.2, -0.15) is 0 Å². The Morgan fingerprint density at radius 3 is 2.44 bits per heavy atom. The van der Waals surface area contributed by atoms with Crippen LogP contribution < -0.4 is 10.2 Å². The number of hydrogen-bond acceptors (Lipinski definition) is 6. The number of carbonyl (C=O) groups excluding carboxylic acids is 1. The van der Waals surface area contributed by atoms with E-state index in [4.69, 9.17) is 4.52 Å². The molecule has 1 N–H and O–H groups in total. The van der Waals surface area contributed by atoms with E-state index in [1.807, 2.05) is 49.4 Å². The summed E-state index contributed by atoms with van der Waals surface area (Å²) < 4.78 is 5.39. The maximum Gasteiger partial charge on any atom is 0.259 e. The highest BCUT2D eigenvalue weighted by atomic mass is 16.5. The summed E-state index contributed by atoms with van der Waals surface area (Å²) in [4.78, 5) is 22.5. The number of carbonyl (C=O) groups is 1. The second-order valence-electron chi connectivity index (χ2n) is 8.16. The minimum absolute atomic E-state index is 0.215. The topological polar surface area (TPSA) is 74.5 Å². The highest BCUT2D eigenvalue weighted by molar-refractivity contribution is 6.13. The predicted molar refractivity (Wildman–Crippen MR) is 126 cm³/mol. The Kier molecular flexibility index (Phi) is 5.33. The smallest absolute Gasteiger partial charge is 0.259 e. The molecular weight excluding hydrogens is 402 g/mol. The summed E-state index contributed by atoms with van der Waals surface area (Å²) in [6.45, 7) is 5.94. The molecule has 0 radical (unpaired) electrons. The zero-order valence-corrected chi connectivity index (χ0v) is 18.2. The van der Waals surface area contributed by atoms with Crippen molar-refractivity contribution in [2.24, 2.45) is 0 Å². The van der Waals surface area contributed by atoms with Crippen LogP contribution in [-0.4, -0.2) is 54.2 Å². The highest BCUT2D eigenvalue weighted by Crippen LogP contribution is 2.28. The van der Waals surface area contributed by atoms with Crippen molar-refractivity contribution in [1.82, 2.24) is 15.0 Å². The number of anilines is 2. The average Bonchev–Trinajstić information content (AvgIpc) is 3.21. The zero-order chi connectivity index (χ0) is 22.1. The van der Waals surface area contributed by atoms with Crippen LogP contribution in [0, 0.1) is 6.92 Å². The number of benzene rings is 2. The molecule has 0 aliphatic carbocycles. The van der Waals surface area contributed by atoms with Crippen molar-refractivity contribution in [3.63, 3.8) is 0 Å². The van der Waals surface area contributed by atoms with E-state index in [1.54, 1.807) is 6.07 Å². The van der Waals surface area contributed by atoms with E-state index in [9.17, 15) is 4.79 Å². The zero-order valence-electron chi connectivity index (χ0n) is 18.2. The predicted octanol–water partition coefficient (Wildman–Crippen LogP) is 4.20. The molecular formula is C25H25N5O2. The minimum atomic E-state index is -0.215. The molecule has 7 heteroatoms. The molecule has 0 unspecified atom stereocenters. The van der Waals surface area contributed by atoms with Crippen molar-refractivity contribution in [2.45, 2.75) is 6.92 Å². The Hall–Kier alpha value is -3.71. The summed E-state index contributed by atoms with van der Waals surface area (Å²) in [5.41, 5.74) is 4.99. The number of pyridine rings is 1. The van der Waals surface area contributed by atoms with Crippen LogP contribution in [0.3, 0.4) is 0 Å². The van der Waals surface area contributed by atoms with E-state index in [0.29, 0.717) is 28.1 Å². The third-order valence-corrected chi connectivity index (χ3v) is 5.92. The molecule has 4 aromatic rings. The van der Waals surface area contributed by atoms with Crippen LogP contribution in [0.1, 0.15) is 16.1 Å². The largest absolute Gasteiger partial charge is 0.369 e. The average molecular weight is 428 g/mol. The number of likely N-dealkylation sites (N-methyl/N-ethyl adjacent to an activating group) is 1. The molecule has 1 fully saturated rings. The fourth-order valence-corrected chi connectivity index (χ4v) is 4.05. The van der Waals surface area contributed by atoms with Gasteiger partial charge in [-0.3, -0.25) is 4.79 Å². The molecule has 7 nitrogen and oxygen atoms in total. The van der Waals surface area contributed by atoms with E-state index in [-0.39, 0.29) is 5.91 Å². The summed E-state index contributed by atoms with van der Waals surface area (Å²) in [5.74, 6) is -0.215. The Balaban J connectivity index is 1.41. The van der Waals surface area contributed by atoms with Crippen molar-refractivity contribution in [1.29, 1.82) is 0 Å². The van der Waals surface area contributed by atoms with Gasteiger partial charge in [0.2, 0.25) is 0 Å².